The summed E-state index contributed by atoms with van der Waals surface area (Å²) in [6.07, 6.45) is 0. The van der Waals surface area contributed by atoms with Crippen LogP contribution >= 0.6 is 0 Å². The predicted octanol–water partition coefficient (Wildman–Crippen LogP) is 3.33. The van der Waals surface area contributed by atoms with E-state index in [1.807, 2.05) is 24.8 Å². The number of likely N-dealkylation sites (tertiary alicyclic amines) is 1. The standard InChI is InChI=1S/C26H35FN4O/c1-5-30-13-14-31(18-26(30)32)21-11-9-20(10-12-21)23-16-29(17-25(23)28(3)4)15-22-19(2)7-6-8-24(22)27/h6-12,23,25H,5,13-18H2,1-4H3/t23-,25+/m1/s1. The first-order chi connectivity index (χ1) is 15.4. The lowest BCUT2D eigenvalue weighted by molar-refractivity contribution is -0.130. The smallest absolute Gasteiger partial charge is 0.242 e. The third-order valence-corrected chi connectivity index (χ3v) is 7.15. The Balaban J connectivity index is 1.47. The fourth-order valence-electron chi connectivity index (χ4n) is 5.13. The van der Waals surface area contributed by atoms with Gasteiger partial charge in [-0.25, -0.2) is 4.39 Å². The predicted molar refractivity (Wildman–Crippen MR) is 128 cm³/mol. The summed E-state index contributed by atoms with van der Waals surface area (Å²) in [5, 5.41) is 0. The molecular weight excluding hydrogens is 403 g/mol. The second-order valence-corrected chi connectivity index (χ2v) is 9.35. The first-order valence-corrected chi connectivity index (χ1v) is 11.6. The van der Waals surface area contributed by atoms with Crippen LogP contribution in [0.4, 0.5) is 10.1 Å². The van der Waals surface area contributed by atoms with Crippen molar-refractivity contribution < 1.29 is 9.18 Å². The number of carbonyl (C=O) groups excluding carboxylic acids is 1. The molecule has 1 amide bonds. The molecule has 32 heavy (non-hydrogen) atoms. The fourth-order valence-corrected chi connectivity index (χ4v) is 5.13. The molecule has 2 aliphatic rings. The molecule has 0 saturated carbocycles. The Morgan fingerprint density at radius 2 is 1.81 bits per heavy atom. The van der Waals surface area contributed by atoms with Gasteiger partial charge in [0.25, 0.3) is 0 Å². The van der Waals surface area contributed by atoms with Crippen molar-refractivity contribution in [3.8, 4) is 0 Å². The van der Waals surface area contributed by atoms with Crippen molar-refractivity contribution in [2.45, 2.75) is 32.4 Å². The lowest BCUT2D eigenvalue weighted by Gasteiger charge is -2.35. The van der Waals surface area contributed by atoms with Gasteiger partial charge in [-0.15, -0.1) is 0 Å². The van der Waals surface area contributed by atoms with E-state index in [0.29, 0.717) is 25.0 Å². The molecule has 0 aromatic heterocycles. The lowest BCUT2D eigenvalue weighted by Crippen LogP contribution is -2.50. The van der Waals surface area contributed by atoms with Crippen LogP contribution in [0.2, 0.25) is 0 Å². The van der Waals surface area contributed by atoms with Crippen LogP contribution in [-0.2, 0) is 11.3 Å². The molecule has 2 atom stereocenters. The Morgan fingerprint density at radius 1 is 1.06 bits per heavy atom. The molecule has 2 aromatic carbocycles. The van der Waals surface area contributed by atoms with Gasteiger partial charge in [0.2, 0.25) is 5.91 Å². The van der Waals surface area contributed by atoms with Crippen LogP contribution in [0.3, 0.4) is 0 Å². The van der Waals surface area contributed by atoms with Gasteiger partial charge in [0.15, 0.2) is 0 Å². The Labute approximate surface area is 191 Å². The Morgan fingerprint density at radius 3 is 2.44 bits per heavy atom. The number of halogens is 1. The third-order valence-electron chi connectivity index (χ3n) is 7.15. The zero-order chi connectivity index (χ0) is 22.8. The van der Waals surface area contributed by atoms with Crippen LogP contribution in [-0.4, -0.2) is 80.0 Å². The van der Waals surface area contributed by atoms with Crippen molar-refractivity contribution in [1.29, 1.82) is 0 Å². The molecule has 2 aliphatic heterocycles. The molecule has 2 heterocycles. The summed E-state index contributed by atoms with van der Waals surface area (Å²) in [6.45, 7) is 9.37. The van der Waals surface area contributed by atoms with Crippen molar-refractivity contribution in [3.05, 3.63) is 65.0 Å². The molecule has 2 fully saturated rings. The van der Waals surface area contributed by atoms with E-state index in [1.54, 1.807) is 12.1 Å². The van der Waals surface area contributed by atoms with Crippen molar-refractivity contribution in [1.82, 2.24) is 14.7 Å². The van der Waals surface area contributed by atoms with E-state index in [1.165, 1.54) is 5.56 Å². The van der Waals surface area contributed by atoms with Gasteiger partial charge in [-0.1, -0.05) is 24.3 Å². The van der Waals surface area contributed by atoms with Crippen LogP contribution in [0.1, 0.15) is 29.5 Å². The van der Waals surface area contributed by atoms with Gasteiger partial charge in [0.05, 0.1) is 6.54 Å². The summed E-state index contributed by atoms with van der Waals surface area (Å²) >= 11 is 0. The molecule has 2 aromatic rings. The summed E-state index contributed by atoms with van der Waals surface area (Å²) in [5.41, 5.74) is 4.23. The number of likely N-dealkylation sites (N-methyl/N-ethyl adjacent to an activating group) is 2. The van der Waals surface area contributed by atoms with Gasteiger partial charge in [0, 0.05) is 62.5 Å². The number of benzene rings is 2. The molecule has 6 heteroatoms. The summed E-state index contributed by atoms with van der Waals surface area (Å²) in [6, 6.07) is 14.4. The average molecular weight is 439 g/mol. The Hall–Kier alpha value is -2.44. The van der Waals surface area contributed by atoms with Gasteiger partial charge in [-0.3, -0.25) is 9.69 Å². The first-order valence-electron chi connectivity index (χ1n) is 11.6. The lowest BCUT2D eigenvalue weighted by atomic mass is 9.93. The first kappa shape index (κ1) is 22.7. The summed E-state index contributed by atoms with van der Waals surface area (Å²) < 4.78 is 14.4. The van der Waals surface area contributed by atoms with E-state index in [9.17, 15) is 9.18 Å². The van der Waals surface area contributed by atoms with E-state index in [4.69, 9.17) is 0 Å². The highest BCUT2D eigenvalue weighted by Crippen LogP contribution is 2.33. The minimum absolute atomic E-state index is 0.114. The third kappa shape index (κ3) is 4.66. The summed E-state index contributed by atoms with van der Waals surface area (Å²) in [5.74, 6) is 0.451. The molecule has 0 unspecified atom stereocenters. The number of hydrogen-bond acceptors (Lipinski definition) is 4. The number of nitrogens with zero attached hydrogens (tertiary/aromatic N) is 4. The molecule has 172 valence electrons. The molecule has 0 spiro atoms. The number of amides is 1. The zero-order valence-corrected chi connectivity index (χ0v) is 19.7. The molecule has 2 saturated heterocycles. The monoisotopic (exact) mass is 438 g/mol. The molecular formula is C26H35FN4O. The van der Waals surface area contributed by atoms with Crippen LogP contribution < -0.4 is 4.90 Å². The number of carbonyl (C=O) groups is 1. The van der Waals surface area contributed by atoms with Crippen LogP contribution in [0.5, 0.6) is 0 Å². The average Bonchev–Trinajstić information content (AvgIpc) is 3.21. The minimum atomic E-state index is -0.114. The molecule has 0 aliphatic carbocycles. The molecule has 4 rings (SSSR count). The topological polar surface area (TPSA) is 30.0 Å². The summed E-state index contributed by atoms with van der Waals surface area (Å²) in [7, 11) is 4.26. The molecule has 5 nitrogen and oxygen atoms in total. The van der Waals surface area contributed by atoms with Gasteiger partial charge < -0.3 is 14.7 Å². The second kappa shape index (κ2) is 9.59. The van der Waals surface area contributed by atoms with Crippen LogP contribution in [0.25, 0.3) is 0 Å². The molecule has 0 radical (unpaired) electrons. The number of aryl methyl sites for hydroxylation is 1. The zero-order valence-electron chi connectivity index (χ0n) is 19.7. The van der Waals surface area contributed by atoms with E-state index in [0.717, 1.165) is 49.5 Å². The highest BCUT2D eigenvalue weighted by atomic mass is 19.1. The van der Waals surface area contributed by atoms with E-state index < -0.39 is 0 Å². The summed E-state index contributed by atoms with van der Waals surface area (Å²) in [4.78, 5) is 21.0. The highest BCUT2D eigenvalue weighted by Gasteiger charge is 2.35. The normalized spacial score (nSPS) is 22.2. The number of anilines is 1. The minimum Gasteiger partial charge on any atom is -0.360 e. The SMILES string of the molecule is CCN1CCN(c2ccc([C@H]3CN(Cc4c(C)cccc4F)C[C@@H]3N(C)C)cc2)CC1=O. The molecule has 0 bridgehead atoms. The van der Waals surface area contributed by atoms with Gasteiger partial charge in [-0.05, 0) is 57.3 Å². The van der Waals surface area contributed by atoms with E-state index >= 15 is 0 Å². The van der Waals surface area contributed by atoms with Crippen molar-refractivity contribution in [3.63, 3.8) is 0 Å². The largest absolute Gasteiger partial charge is 0.360 e. The van der Waals surface area contributed by atoms with Crippen molar-refractivity contribution in [2.24, 2.45) is 0 Å². The fraction of sp³-hybridized carbons (Fsp3) is 0.500. The molecule has 0 N–H and O–H groups in total. The van der Waals surface area contributed by atoms with E-state index in [-0.39, 0.29) is 11.7 Å². The van der Waals surface area contributed by atoms with Crippen LogP contribution in [0.15, 0.2) is 42.5 Å². The second-order valence-electron chi connectivity index (χ2n) is 9.35. The van der Waals surface area contributed by atoms with Gasteiger partial charge >= 0.3 is 0 Å². The Bertz CT molecular complexity index is 925. The van der Waals surface area contributed by atoms with Gasteiger partial charge in [0.1, 0.15) is 5.82 Å². The van der Waals surface area contributed by atoms with Gasteiger partial charge in [-0.2, -0.15) is 0 Å². The quantitative estimate of drug-likeness (QED) is 0.692. The number of rotatable bonds is 6. The highest BCUT2D eigenvalue weighted by molar-refractivity contribution is 5.82. The van der Waals surface area contributed by atoms with Crippen LogP contribution in [0, 0.1) is 12.7 Å². The maximum atomic E-state index is 14.4. The van der Waals surface area contributed by atoms with Crippen molar-refractivity contribution >= 4 is 11.6 Å². The maximum Gasteiger partial charge on any atom is 0.242 e. The van der Waals surface area contributed by atoms with Crippen molar-refractivity contribution in [2.75, 3.05) is 58.3 Å². The number of piperazine rings is 1. The number of hydrogen-bond donors (Lipinski definition) is 0. The maximum absolute atomic E-state index is 14.4. The van der Waals surface area contributed by atoms with E-state index in [2.05, 4.69) is 53.1 Å². The Kier molecular flexibility index (Phi) is 6.82.